The molecule has 0 saturated carbocycles. The second kappa shape index (κ2) is 5.17. The highest BCUT2D eigenvalue weighted by molar-refractivity contribution is 5.99. The molecular formula is C16H13NO3. The molecule has 20 heavy (non-hydrogen) atoms. The molecule has 2 aromatic carbocycles. The third-order valence-electron chi connectivity index (χ3n) is 3.06. The van der Waals surface area contributed by atoms with Crippen molar-refractivity contribution in [2.75, 3.05) is 7.11 Å². The summed E-state index contributed by atoms with van der Waals surface area (Å²) < 4.78 is 10.8. The number of ether oxygens (including phenoxy) is 1. The Morgan fingerprint density at radius 1 is 1.15 bits per heavy atom. The highest BCUT2D eigenvalue weighted by Crippen LogP contribution is 2.21. The van der Waals surface area contributed by atoms with Gasteiger partial charge >= 0.3 is 0 Å². The van der Waals surface area contributed by atoms with E-state index in [4.69, 9.17) is 9.15 Å². The van der Waals surface area contributed by atoms with Crippen LogP contribution in [0.2, 0.25) is 0 Å². The van der Waals surface area contributed by atoms with Crippen molar-refractivity contribution >= 4 is 16.9 Å². The average Bonchev–Trinajstić information content (AvgIpc) is 2.89. The maximum absolute atomic E-state index is 12.3. The summed E-state index contributed by atoms with van der Waals surface area (Å²) in [4.78, 5) is 16.6. The Labute approximate surface area is 116 Å². The van der Waals surface area contributed by atoms with Gasteiger partial charge < -0.3 is 9.15 Å². The molecule has 3 aromatic rings. The fraction of sp³-hybridized carbons (Fsp3) is 0.125. The van der Waals surface area contributed by atoms with Crippen molar-refractivity contribution in [3.05, 3.63) is 60.0 Å². The summed E-state index contributed by atoms with van der Waals surface area (Å²) >= 11 is 0. The van der Waals surface area contributed by atoms with Gasteiger partial charge in [0.1, 0.15) is 11.3 Å². The number of carbonyl (C=O) groups is 1. The minimum Gasteiger partial charge on any atom is -0.496 e. The van der Waals surface area contributed by atoms with Gasteiger partial charge in [-0.3, -0.25) is 4.79 Å². The summed E-state index contributed by atoms with van der Waals surface area (Å²) in [5.74, 6) is 0.907. The molecule has 0 spiro atoms. The lowest BCUT2D eigenvalue weighted by molar-refractivity contribution is 0.0983. The van der Waals surface area contributed by atoms with Crippen molar-refractivity contribution in [2.45, 2.75) is 6.42 Å². The zero-order valence-corrected chi connectivity index (χ0v) is 11.0. The predicted octanol–water partition coefficient (Wildman–Crippen LogP) is 3.26. The molecule has 100 valence electrons. The molecule has 0 saturated heterocycles. The quantitative estimate of drug-likeness (QED) is 0.681. The van der Waals surface area contributed by atoms with Gasteiger partial charge in [-0.15, -0.1) is 0 Å². The highest BCUT2D eigenvalue weighted by Gasteiger charge is 2.15. The summed E-state index contributed by atoms with van der Waals surface area (Å²) in [5.41, 5.74) is 1.99. The van der Waals surface area contributed by atoms with E-state index in [2.05, 4.69) is 4.98 Å². The molecule has 0 N–H and O–H groups in total. The molecule has 0 aliphatic rings. The third kappa shape index (κ3) is 2.28. The lowest BCUT2D eigenvalue weighted by Gasteiger charge is -2.05. The van der Waals surface area contributed by atoms with E-state index in [0.29, 0.717) is 22.8 Å². The summed E-state index contributed by atoms with van der Waals surface area (Å²) in [7, 11) is 1.55. The molecule has 1 aromatic heterocycles. The molecule has 0 atom stereocenters. The number of hydrogen-bond acceptors (Lipinski definition) is 4. The smallest absolute Gasteiger partial charge is 0.203 e. The number of oxazole rings is 1. The first kappa shape index (κ1) is 12.4. The lowest BCUT2D eigenvalue weighted by Crippen LogP contribution is -2.05. The van der Waals surface area contributed by atoms with Crippen molar-refractivity contribution in [3.8, 4) is 5.75 Å². The number of carbonyl (C=O) groups excluding carboxylic acids is 1. The average molecular weight is 267 g/mol. The van der Waals surface area contributed by atoms with E-state index < -0.39 is 0 Å². The van der Waals surface area contributed by atoms with Crippen molar-refractivity contribution in [1.82, 2.24) is 4.98 Å². The fourth-order valence-corrected chi connectivity index (χ4v) is 2.10. The normalized spacial score (nSPS) is 10.7. The summed E-state index contributed by atoms with van der Waals surface area (Å²) in [6, 6.07) is 14.6. The van der Waals surface area contributed by atoms with Crippen molar-refractivity contribution in [3.63, 3.8) is 0 Å². The standard InChI is InChI=1S/C16H13NO3/c1-19-14-8-4-2-6-11(14)13(18)10-16-17-12-7-3-5-9-15(12)20-16/h2-9H,10H2,1H3. The van der Waals surface area contributed by atoms with E-state index in [0.717, 1.165) is 5.52 Å². The van der Waals surface area contributed by atoms with E-state index in [1.54, 1.807) is 19.2 Å². The first-order valence-corrected chi connectivity index (χ1v) is 6.28. The zero-order valence-electron chi connectivity index (χ0n) is 11.0. The predicted molar refractivity (Wildman–Crippen MR) is 75.0 cm³/mol. The van der Waals surface area contributed by atoms with E-state index in [1.165, 1.54) is 0 Å². The van der Waals surface area contributed by atoms with Crippen LogP contribution in [0.3, 0.4) is 0 Å². The van der Waals surface area contributed by atoms with Gasteiger partial charge in [0.05, 0.1) is 19.1 Å². The highest BCUT2D eigenvalue weighted by atomic mass is 16.5. The van der Waals surface area contributed by atoms with Crippen LogP contribution >= 0.6 is 0 Å². The summed E-state index contributed by atoms with van der Waals surface area (Å²) in [6.45, 7) is 0. The van der Waals surface area contributed by atoms with Crippen LogP contribution in [0.15, 0.2) is 52.9 Å². The van der Waals surface area contributed by atoms with Gasteiger partial charge in [0.25, 0.3) is 0 Å². The first-order chi connectivity index (χ1) is 9.78. The van der Waals surface area contributed by atoms with E-state index >= 15 is 0 Å². The largest absolute Gasteiger partial charge is 0.496 e. The Balaban J connectivity index is 1.88. The van der Waals surface area contributed by atoms with Gasteiger partial charge in [-0.05, 0) is 24.3 Å². The maximum atomic E-state index is 12.3. The molecule has 0 fully saturated rings. The Hall–Kier alpha value is -2.62. The van der Waals surface area contributed by atoms with Crippen LogP contribution in [0.4, 0.5) is 0 Å². The van der Waals surface area contributed by atoms with Crippen LogP contribution in [0, 0.1) is 0 Å². The SMILES string of the molecule is COc1ccccc1C(=O)Cc1nc2ccccc2o1. The van der Waals surface area contributed by atoms with Crippen LogP contribution in [-0.4, -0.2) is 17.9 Å². The van der Waals surface area contributed by atoms with Crippen LogP contribution in [0.25, 0.3) is 11.1 Å². The lowest BCUT2D eigenvalue weighted by atomic mass is 10.1. The van der Waals surface area contributed by atoms with E-state index in [1.807, 2.05) is 36.4 Å². The van der Waals surface area contributed by atoms with Gasteiger partial charge in [-0.2, -0.15) is 0 Å². The molecule has 4 nitrogen and oxygen atoms in total. The molecule has 0 amide bonds. The van der Waals surface area contributed by atoms with Crippen LogP contribution in [0.1, 0.15) is 16.2 Å². The van der Waals surface area contributed by atoms with Gasteiger partial charge in [0.15, 0.2) is 11.4 Å². The summed E-state index contributed by atoms with van der Waals surface area (Å²) in [5, 5.41) is 0. The number of hydrogen-bond donors (Lipinski definition) is 0. The molecular weight excluding hydrogens is 254 g/mol. The van der Waals surface area contributed by atoms with Crippen LogP contribution in [-0.2, 0) is 6.42 Å². The fourth-order valence-electron chi connectivity index (χ4n) is 2.10. The number of benzene rings is 2. The zero-order chi connectivity index (χ0) is 13.9. The van der Waals surface area contributed by atoms with Gasteiger partial charge in [0, 0.05) is 0 Å². The van der Waals surface area contributed by atoms with E-state index in [9.17, 15) is 4.79 Å². The van der Waals surface area contributed by atoms with Crippen molar-refractivity contribution < 1.29 is 13.9 Å². The summed E-state index contributed by atoms with van der Waals surface area (Å²) in [6.07, 6.45) is 0.120. The Kier molecular flexibility index (Phi) is 3.21. The molecule has 1 heterocycles. The molecule has 0 unspecified atom stereocenters. The third-order valence-corrected chi connectivity index (χ3v) is 3.06. The number of ketones is 1. The molecule has 3 rings (SSSR count). The first-order valence-electron chi connectivity index (χ1n) is 6.28. The van der Waals surface area contributed by atoms with Crippen LogP contribution in [0.5, 0.6) is 5.75 Å². The number of nitrogens with zero attached hydrogens (tertiary/aromatic N) is 1. The van der Waals surface area contributed by atoms with Gasteiger partial charge in [-0.25, -0.2) is 4.98 Å². The topological polar surface area (TPSA) is 52.3 Å². The number of para-hydroxylation sites is 3. The Bertz CT molecular complexity index is 728. The second-order valence-corrected chi connectivity index (χ2v) is 4.38. The molecule has 0 aliphatic heterocycles. The van der Waals surface area contributed by atoms with Gasteiger partial charge in [0.2, 0.25) is 5.89 Å². The van der Waals surface area contributed by atoms with Crippen molar-refractivity contribution in [1.29, 1.82) is 0 Å². The number of aromatic nitrogens is 1. The monoisotopic (exact) mass is 267 g/mol. The molecule has 0 aliphatic carbocycles. The molecule has 4 heteroatoms. The van der Waals surface area contributed by atoms with Crippen molar-refractivity contribution in [2.24, 2.45) is 0 Å². The minimum absolute atomic E-state index is 0.0750. The van der Waals surface area contributed by atoms with Gasteiger partial charge in [-0.1, -0.05) is 24.3 Å². The minimum atomic E-state index is -0.0750. The molecule has 0 radical (unpaired) electrons. The number of Topliss-reactive ketones (excluding diaryl/α,β-unsaturated/α-hetero) is 1. The Morgan fingerprint density at radius 2 is 1.90 bits per heavy atom. The van der Waals surface area contributed by atoms with Crippen LogP contribution < -0.4 is 4.74 Å². The number of methoxy groups -OCH3 is 1. The Morgan fingerprint density at radius 3 is 2.70 bits per heavy atom. The number of rotatable bonds is 4. The second-order valence-electron chi connectivity index (χ2n) is 4.38. The maximum Gasteiger partial charge on any atom is 0.203 e. The number of fused-ring (bicyclic) bond motifs is 1. The van der Waals surface area contributed by atoms with E-state index in [-0.39, 0.29) is 12.2 Å². The molecule has 0 bridgehead atoms.